The average molecular weight is 230 g/mol. The number of hydrogen-bond donors (Lipinski definition) is 2. The van der Waals surface area contributed by atoms with Gasteiger partial charge in [-0.3, -0.25) is 15.6 Å². The van der Waals surface area contributed by atoms with Gasteiger partial charge in [-0.2, -0.15) is 0 Å². The van der Waals surface area contributed by atoms with Gasteiger partial charge in [0.1, 0.15) is 0 Å². The second-order valence-electron chi connectivity index (χ2n) is 3.37. The minimum Gasteiger partial charge on any atom is -0.299 e. The normalized spacial score (nSPS) is 9.12. The second-order valence-corrected chi connectivity index (χ2v) is 3.37. The van der Waals surface area contributed by atoms with Crippen LogP contribution in [0.25, 0.3) is 10.8 Å². The van der Waals surface area contributed by atoms with E-state index in [-0.39, 0.29) is 5.91 Å². The van der Waals surface area contributed by atoms with Crippen LogP contribution in [0, 0.1) is 0 Å². The summed E-state index contributed by atoms with van der Waals surface area (Å²) in [6, 6.07) is 14.0. The van der Waals surface area contributed by atoms with Gasteiger partial charge in [-0.15, -0.1) is 0 Å². The van der Waals surface area contributed by atoms with E-state index in [1.807, 2.05) is 50.2 Å². The average Bonchev–Trinajstić information content (AvgIpc) is 2.38. The first-order chi connectivity index (χ1) is 8.25. The van der Waals surface area contributed by atoms with Gasteiger partial charge >= 0.3 is 0 Å². The van der Waals surface area contributed by atoms with Crippen molar-refractivity contribution >= 4 is 22.4 Å². The molecule has 0 saturated carbocycles. The largest absolute Gasteiger partial charge is 0.299 e. The van der Waals surface area contributed by atoms with Crippen LogP contribution in [0.5, 0.6) is 0 Å². The summed E-state index contributed by atoms with van der Waals surface area (Å²) in [5.41, 5.74) is 6.25. The summed E-state index contributed by atoms with van der Waals surface area (Å²) in [4.78, 5) is 10.7. The molecule has 0 aliphatic heterocycles. The molecule has 3 nitrogen and oxygen atoms in total. The molecule has 0 atom stereocenters. The number of amides is 1. The summed E-state index contributed by atoms with van der Waals surface area (Å²) in [6.45, 7) is 5.47. The molecule has 3 heteroatoms. The summed E-state index contributed by atoms with van der Waals surface area (Å²) in [6.07, 6.45) is 0. The molecule has 0 saturated heterocycles. The highest BCUT2D eigenvalue weighted by atomic mass is 16.2. The molecule has 2 aromatic rings. The number of hydrazine groups is 1. The van der Waals surface area contributed by atoms with Crippen LogP contribution in [0.2, 0.25) is 0 Å². The standard InChI is InChI=1S/C12H12N2O.C2H6/c1-9(15)13-14-12-7-6-10-4-2-3-5-11(10)8-12;1-2/h2-8,14H,1H3,(H,13,15);1-2H3. The number of nitrogens with one attached hydrogen (secondary N) is 2. The number of fused-ring (bicyclic) bond motifs is 1. The fourth-order valence-electron chi connectivity index (χ4n) is 1.43. The van der Waals surface area contributed by atoms with E-state index >= 15 is 0 Å². The van der Waals surface area contributed by atoms with Gasteiger partial charge in [0.2, 0.25) is 5.91 Å². The number of hydrogen-bond acceptors (Lipinski definition) is 2. The van der Waals surface area contributed by atoms with Crippen LogP contribution < -0.4 is 10.9 Å². The minimum absolute atomic E-state index is 0.108. The van der Waals surface area contributed by atoms with E-state index in [0.29, 0.717) is 0 Å². The summed E-state index contributed by atoms with van der Waals surface area (Å²) >= 11 is 0. The van der Waals surface area contributed by atoms with Gasteiger partial charge in [-0.1, -0.05) is 44.2 Å². The van der Waals surface area contributed by atoms with Crippen molar-refractivity contribution in [1.82, 2.24) is 5.43 Å². The van der Waals surface area contributed by atoms with Crippen LogP contribution in [0.1, 0.15) is 20.8 Å². The molecule has 0 aliphatic carbocycles. The number of rotatable bonds is 2. The van der Waals surface area contributed by atoms with Crippen LogP contribution in [0.15, 0.2) is 42.5 Å². The van der Waals surface area contributed by atoms with Gasteiger partial charge in [0.25, 0.3) is 0 Å². The lowest BCUT2D eigenvalue weighted by molar-refractivity contribution is -0.118. The van der Waals surface area contributed by atoms with Crippen molar-refractivity contribution in [2.45, 2.75) is 20.8 Å². The van der Waals surface area contributed by atoms with Crippen LogP contribution >= 0.6 is 0 Å². The Hall–Kier alpha value is -2.03. The van der Waals surface area contributed by atoms with Gasteiger partial charge < -0.3 is 0 Å². The second kappa shape index (κ2) is 6.53. The topological polar surface area (TPSA) is 41.1 Å². The third kappa shape index (κ3) is 3.79. The Kier molecular flexibility index (Phi) is 5.01. The maximum Gasteiger partial charge on any atom is 0.235 e. The Labute approximate surface area is 102 Å². The van der Waals surface area contributed by atoms with E-state index in [4.69, 9.17) is 0 Å². The third-order valence-electron chi connectivity index (χ3n) is 2.13. The van der Waals surface area contributed by atoms with E-state index in [2.05, 4.69) is 16.9 Å². The molecule has 1 amide bonds. The zero-order chi connectivity index (χ0) is 12.7. The van der Waals surface area contributed by atoms with E-state index in [1.54, 1.807) is 0 Å². The van der Waals surface area contributed by atoms with Crippen molar-refractivity contribution in [1.29, 1.82) is 0 Å². The van der Waals surface area contributed by atoms with E-state index in [9.17, 15) is 4.79 Å². The number of carbonyl (C=O) groups is 1. The maximum absolute atomic E-state index is 10.7. The molecule has 0 bridgehead atoms. The van der Waals surface area contributed by atoms with Crippen molar-refractivity contribution in [3.05, 3.63) is 42.5 Å². The lowest BCUT2D eigenvalue weighted by Gasteiger charge is -2.07. The van der Waals surface area contributed by atoms with Gasteiger partial charge in [-0.05, 0) is 22.9 Å². The predicted octanol–water partition coefficient (Wildman–Crippen LogP) is 3.33. The molecular weight excluding hydrogens is 212 g/mol. The van der Waals surface area contributed by atoms with Crippen LogP contribution in [-0.4, -0.2) is 5.91 Å². The molecule has 2 N–H and O–H groups in total. The van der Waals surface area contributed by atoms with Crippen molar-refractivity contribution in [2.75, 3.05) is 5.43 Å². The molecule has 0 aliphatic rings. The Balaban J connectivity index is 0.000000686. The summed E-state index contributed by atoms with van der Waals surface area (Å²) < 4.78 is 0. The molecule has 2 rings (SSSR count). The molecule has 0 aromatic heterocycles. The molecule has 90 valence electrons. The Morgan fingerprint density at radius 1 is 1.00 bits per heavy atom. The first-order valence-corrected chi connectivity index (χ1v) is 5.77. The van der Waals surface area contributed by atoms with Crippen molar-refractivity contribution in [3.8, 4) is 0 Å². The molecule has 0 heterocycles. The Morgan fingerprint density at radius 2 is 1.65 bits per heavy atom. The number of anilines is 1. The third-order valence-corrected chi connectivity index (χ3v) is 2.13. The highest BCUT2D eigenvalue weighted by Gasteiger charge is 1.95. The lowest BCUT2D eigenvalue weighted by Crippen LogP contribution is -2.26. The van der Waals surface area contributed by atoms with Crippen LogP contribution in [0.3, 0.4) is 0 Å². The molecular formula is C14H18N2O. The fraction of sp³-hybridized carbons (Fsp3) is 0.214. The maximum atomic E-state index is 10.7. The predicted molar refractivity (Wildman–Crippen MR) is 72.7 cm³/mol. The smallest absolute Gasteiger partial charge is 0.235 e. The Morgan fingerprint density at radius 3 is 2.29 bits per heavy atom. The molecule has 0 fully saturated rings. The molecule has 0 radical (unpaired) electrons. The zero-order valence-corrected chi connectivity index (χ0v) is 10.4. The summed E-state index contributed by atoms with van der Waals surface area (Å²) in [5.74, 6) is -0.108. The highest BCUT2D eigenvalue weighted by Crippen LogP contribution is 2.17. The first kappa shape index (κ1) is 13.0. The van der Waals surface area contributed by atoms with E-state index in [1.165, 1.54) is 12.3 Å². The lowest BCUT2D eigenvalue weighted by atomic mass is 10.1. The SMILES string of the molecule is CC.CC(=O)NNc1ccc2ccccc2c1. The van der Waals surface area contributed by atoms with Gasteiger partial charge in [0.15, 0.2) is 0 Å². The van der Waals surface area contributed by atoms with Gasteiger partial charge in [0.05, 0.1) is 5.69 Å². The van der Waals surface area contributed by atoms with E-state index in [0.717, 1.165) is 11.1 Å². The summed E-state index contributed by atoms with van der Waals surface area (Å²) in [7, 11) is 0. The number of benzene rings is 2. The first-order valence-electron chi connectivity index (χ1n) is 5.77. The van der Waals surface area contributed by atoms with Gasteiger partial charge in [0, 0.05) is 6.92 Å². The van der Waals surface area contributed by atoms with Crippen LogP contribution in [-0.2, 0) is 4.79 Å². The van der Waals surface area contributed by atoms with E-state index < -0.39 is 0 Å². The van der Waals surface area contributed by atoms with Crippen molar-refractivity contribution in [3.63, 3.8) is 0 Å². The Bertz CT molecular complexity index is 494. The minimum atomic E-state index is -0.108. The molecule has 0 unspecified atom stereocenters. The molecule has 2 aromatic carbocycles. The molecule has 17 heavy (non-hydrogen) atoms. The molecule has 0 spiro atoms. The highest BCUT2D eigenvalue weighted by molar-refractivity contribution is 5.86. The quantitative estimate of drug-likeness (QED) is 0.777. The van der Waals surface area contributed by atoms with Gasteiger partial charge in [-0.25, -0.2) is 0 Å². The monoisotopic (exact) mass is 230 g/mol. The summed E-state index contributed by atoms with van der Waals surface area (Å²) in [5, 5.41) is 2.33. The fourth-order valence-corrected chi connectivity index (χ4v) is 1.43. The van der Waals surface area contributed by atoms with Crippen molar-refractivity contribution < 1.29 is 4.79 Å². The van der Waals surface area contributed by atoms with Crippen molar-refractivity contribution in [2.24, 2.45) is 0 Å². The zero-order valence-electron chi connectivity index (χ0n) is 10.4. The van der Waals surface area contributed by atoms with Crippen LogP contribution in [0.4, 0.5) is 5.69 Å². The number of carbonyl (C=O) groups excluding carboxylic acids is 1.